The van der Waals surface area contributed by atoms with Gasteiger partial charge in [0, 0.05) is 12.6 Å². The molecule has 1 aliphatic rings. The van der Waals surface area contributed by atoms with E-state index in [4.69, 9.17) is 0 Å². The third-order valence-electron chi connectivity index (χ3n) is 3.42. The Bertz CT molecular complexity index is 361. The predicted molar refractivity (Wildman–Crippen MR) is 70.4 cm³/mol. The number of nitrogens with one attached hydrogen (secondary N) is 2. The fraction of sp³-hybridized carbons (Fsp3) is 0.571. The van der Waals surface area contributed by atoms with Crippen molar-refractivity contribution in [2.75, 3.05) is 0 Å². The molecule has 0 aromatic carbocycles. The Balaban J connectivity index is 1.62. The number of nitrogens with zero attached hydrogens (tertiary/aromatic N) is 1. The van der Waals surface area contributed by atoms with Gasteiger partial charge < -0.3 is 0 Å². The zero-order chi connectivity index (χ0) is 12.6. The summed E-state index contributed by atoms with van der Waals surface area (Å²) in [6.45, 7) is 0.567. The molecule has 1 aromatic heterocycles. The molecular weight excluding hydrogens is 226 g/mol. The van der Waals surface area contributed by atoms with E-state index in [1.165, 1.54) is 32.1 Å². The van der Waals surface area contributed by atoms with Crippen molar-refractivity contribution in [1.82, 2.24) is 15.8 Å². The second-order valence-corrected chi connectivity index (χ2v) is 4.93. The minimum absolute atomic E-state index is 0.0952. The molecule has 2 N–H and O–H groups in total. The Hall–Kier alpha value is -1.42. The van der Waals surface area contributed by atoms with Crippen LogP contribution in [0.3, 0.4) is 0 Å². The Morgan fingerprint density at radius 2 is 2.11 bits per heavy atom. The Kier molecular flexibility index (Phi) is 5.15. The van der Waals surface area contributed by atoms with E-state index in [9.17, 15) is 4.79 Å². The van der Waals surface area contributed by atoms with E-state index in [0.29, 0.717) is 18.9 Å². The second-order valence-electron chi connectivity index (χ2n) is 4.93. The van der Waals surface area contributed by atoms with Crippen molar-refractivity contribution in [2.24, 2.45) is 5.92 Å². The van der Waals surface area contributed by atoms with E-state index in [0.717, 1.165) is 5.69 Å². The molecule has 0 aliphatic heterocycles. The molecule has 4 nitrogen and oxygen atoms in total. The van der Waals surface area contributed by atoms with Crippen LogP contribution in [0, 0.1) is 5.92 Å². The largest absolute Gasteiger partial charge is 0.291 e. The highest BCUT2D eigenvalue weighted by molar-refractivity contribution is 5.75. The minimum Gasteiger partial charge on any atom is -0.291 e. The molecule has 1 aromatic rings. The fourth-order valence-corrected chi connectivity index (χ4v) is 2.44. The Morgan fingerprint density at radius 1 is 1.28 bits per heavy atom. The van der Waals surface area contributed by atoms with Crippen LogP contribution in [0.2, 0.25) is 0 Å². The molecule has 4 heteroatoms. The van der Waals surface area contributed by atoms with E-state index in [1.54, 1.807) is 6.20 Å². The summed E-state index contributed by atoms with van der Waals surface area (Å²) < 4.78 is 0. The zero-order valence-corrected chi connectivity index (χ0v) is 10.7. The number of carbonyl (C=O) groups excluding carboxylic acids is 1. The van der Waals surface area contributed by atoms with Crippen LogP contribution in [-0.2, 0) is 11.3 Å². The zero-order valence-electron chi connectivity index (χ0n) is 10.7. The lowest BCUT2D eigenvalue weighted by Gasteiger charge is -2.20. The third kappa shape index (κ3) is 4.45. The Morgan fingerprint density at radius 3 is 2.83 bits per heavy atom. The number of amides is 1. The quantitative estimate of drug-likeness (QED) is 0.784. The summed E-state index contributed by atoms with van der Waals surface area (Å²) in [5.41, 5.74) is 6.60. The molecule has 0 spiro atoms. The maximum atomic E-state index is 11.7. The fourth-order valence-electron chi connectivity index (χ4n) is 2.44. The van der Waals surface area contributed by atoms with E-state index in [-0.39, 0.29) is 5.91 Å². The molecule has 0 bridgehead atoms. The summed E-state index contributed by atoms with van der Waals surface area (Å²) in [4.78, 5) is 15.9. The van der Waals surface area contributed by atoms with Gasteiger partial charge >= 0.3 is 0 Å². The van der Waals surface area contributed by atoms with Gasteiger partial charge in [0.05, 0.1) is 12.2 Å². The first-order valence-electron chi connectivity index (χ1n) is 6.76. The molecular formula is C14H21N3O. The maximum absolute atomic E-state index is 11.7. The number of rotatable bonds is 5. The number of carbonyl (C=O) groups is 1. The van der Waals surface area contributed by atoms with E-state index in [2.05, 4.69) is 15.8 Å². The molecule has 0 unspecified atom stereocenters. The second kappa shape index (κ2) is 7.11. The number of hydrogen-bond acceptors (Lipinski definition) is 3. The van der Waals surface area contributed by atoms with Crippen LogP contribution in [0.5, 0.6) is 0 Å². The van der Waals surface area contributed by atoms with Gasteiger partial charge in [0.2, 0.25) is 5.91 Å². The number of pyridine rings is 1. The van der Waals surface area contributed by atoms with Crippen LogP contribution in [0.1, 0.15) is 44.2 Å². The van der Waals surface area contributed by atoms with Crippen molar-refractivity contribution in [3.63, 3.8) is 0 Å². The van der Waals surface area contributed by atoms with Crippen molar-refractivity contribution >= 4 is 5.91 Å². The molecule has 18 heavy (non-hydrogen) atoms. The Labute approximate surface area is 108 Å². The molecule has 1 aliphatic carbocycles. The smallest absolute Gasteiger partial charge is 0.234 e. The standard InChI is InChI=1S/C14H21N3O/c18-14(10-12-6-2-1-3-7-12)17-16-11-13-8-4-5-9-15-13/h4-5,8-9,12,16H,1-3,6-7,10-11H2,(H,17,18). The molecule has 98 valence electrons. The average Bonchev–Trinajstić information content (AvgIpc) is 2.41. The molecule has 1 fully saturated rings. The van der Waals surface area contributed by atoms with Gasteiger partial charge in [-0.15, -0.1) is 0 Å². The SMILES string of the molecule is O=C(CC1CCCCC1)NNCc1ccccn1. The maximum Gasteiger partial charge on any atom is 0.234 e. The molecule has 1 amide bonds. The molecule has 1 saturated carbocycles. The van der Waals surface area contributed by atoms with Crippen molar-refractivity contribution in [2.45, 2.75) is 45.1 Å². The highest BCUT2D eigenvalue weighted by Gasteiger charge is 2.16. The highest BCUT2D eigenvalue weighted by atomic mass is 16.2. The first-order chi connectivity index (χ1) is 8.84. The minimum atomic E-state index is 0.0952. The first kappa shape index (κ1) is 13.0. The van der Waals surface area contributed by atoms with Crippen LogP contribution >= 0.6 is 0 Å². The summed E-state index contributed by atoms with van der Waals surface area (Å²) in [6, 6.07) is 5.75. The van der Waals surface area contributed by atoms with E-state index < -0.39 is 0 Å². The lowest BCUT2D eigenvalue weighted by atomic mass is 9.87. The normalized spacial score (nSPS) is 16.4. The van der Waals surface area contributed by atoms with Crippen molar-refractivity contribution in [1.29, 1.82) is 0 Å². The van der Waals surface area contributed by atoms with Crippen LogP contribution < -0.4 is 10.9 Å². The van der Waals surface area contributed by atoms with Crippen LogP contribution in [0.4, 0.5) is 0 Å². The van der Waals surface area contributed by atoms with Crippen molar-refractivity contribution < 1.29 is 4.79 Å². The summed E-state index contributed by atoms with van der Waals surface area (Å²) in [5.74, 6) is 0.674. The first-order valence-corrected chi connectivity index (χ1v) is 6.76. The number of hydrazine groups is 1. The van der Waals surface area contributed by atoms with Crippen LogP contribution in [-0.4, -0.2) is 10.9 Å². The summed E-state index contributed by atoms with van der Waals surface area (Å²) >= 11 is 0. The molecule has 0 radical (unpaired) electrons. The van der Waals surface area contributed by atoms with Crippen molar-refractivity contribution in [3.05, 3.63) is 30.1 Å². The van der Waals surface area contributed by atoms with Gasteiger partial charge in [0.15, 0.2) is 0 Å². The summed E-state index contributed by atoms with van der Waals surface area (Å²) in [6.07, 6.45) is 8.69. The van der Waals surface area contributed by atoms with Crippen LogP contribution in [0.15, 0.2) is 24.4 Å². The van der Waals surface area contributed by atoms with Gasteiger partial charge in [-0.25, -0.2) is 5.43 Å². The van der Waals surface area contributed by atoms with Gasteiger partial charge in [0.1, 0.15) is 0 Å². The van der Waals surface area contributed by atoms with Crippen LogP contribution in [0.25, 0.3) is 0 Å². The predicted octanol–water partition coefficient (Wildman–Crippen LogP) is 2.17. The number of aromatic nitrogens is 1. The lowest BCUT2D eigenvalue weighted by Crippen LogP contribution is -2.38. The van der Waals surface area contributed by atoms with Gasteiger partial charge in [0.25, 0.3) is 0 Å². The number of hydrogen-bond donors (Lipinski definition) is 2. The highest BCUT2D eigenvalue weighted by Crippen LogP contribution is 2.25. The van der Waals surface area contributed by atoms with Gasteiger partial charge in [-0.3, -0.25) is 15.2 Å². The summed E-state index contributed by atoms with van der Waals surface area (Å²) in [7, 11) is 0. The topological polar surface area (TPSA) is 54.0 Å². The van der Waals surface area contributed by atoms with Gasteiger partial charge in [-0.2, -0.15) is 0 Å². The summed E-state index contributed by atoms with van der Waals surface area (Å²) in [5, 5.41) is 0. The average molecular weight is 247 g/mol. The molecule has 0 saturated heterocycles. The molecule has 0 atom stereocenters. The van der Waals surface area contributed by atoms with E-state index in [1.807, 2.05) is 18.2 Å². The van der Waals surface area contributed by atoms with Crippen molar-refractivity contribution in [3.8, 4) is 0 Å². The van der Waals surface area contributed by atoms with Gasteiger partial charge in [-0.05, 0) is 30.9 Å². The monoisotopic (exact) mass is 247 g/mol. The van der Waals surface area contributed by atoms with E-state index >= 15 is 0 Å². The lowest BCUT2D eigenvalue weighted by molar-refractivity contribution is -0.123. The third-order valence-corrected chi connectivity index (χ3v) is 3.42. The molecule has 2 rings (SSSR count). The van der Waals surface area contributed by atoms with Gasteiger partial charge in [-0.1, -0.05) is 25.3 Å². The molecule has 1 heterocycles.